The summed E-state index contributed by atoms with van der Waals surface area (Å²) >= 11 is 0. The van der Waals surface area contributed by atoms with Crippen molar-refractivity contribution in [1.82, 2.24) is 9.80 Å². The van der Waals surface area contributed by atoms with Gasteiger partial charge in [0, 0.05) is 21.1 Å². The van der Waals surface area contributed by atoms with Crippen LogP contribution < -0.4 is 0 Å². The molecule has 0 bridgehead atoms. The van der Waals surface area contributed by atoms with Gasteiger partial charge in [-0.3, -0.25) is 4.79 Å². The molecule has 0 fully saturated rings. The number of hydrogen-bond donors (Lipinski definition) is 0. The molecule has 6 heteroatoms. The van der Waals surface area contributed by atoms with Gasteiger partial charge in [-0.05, 0) is 20.8 Å². The van der Waals surface area contributed by atoms with Gasteiger partial charge in [0.15, 0.2) is 0 Å². The maximum Gasteiger partial charge on any atom is 0.410 e. The number of ether oxygens (including phenoxy) is 1. The van der Waals surface area contributed by atoms with Gasteiger partial charge in [-0.15, -0.1) is 0 Å². The Morgan fingerprint density at radius 3 is 2.18 bits per heavy atom. The number of nitrogens with zero attached hydrogens (tertiary/aromatic N) is 3. The van der Waals surface area contributed by atoms with Crippen molar-refractivity contribution in [1.29, 1.82) is 0 Å². The molecule has 0 N–H and O–H groups in total. The molecule has 0 heterocycles. The van der Waals surface area contributed by atoms with Crippen LogP contribution in [-0.2, 0) is 9.53 Å². The fraction of sp³-hybridized carbons (Fsp3) is 0.727. The fourth-order valence-corrected chi connectivity index (χ4v) is 0.828. The van der Waals surface area contributed by atoms with E-state index < -0.39 is 17.6 Å². The Hall–Kier alpha value is -1.59. The Morgan fingerprint density at radius 1 is 1.24 bits per heavy atom. The zero-order valence-corrected chi connectivity index (χ0v) is 11.4. The number of likely N-dealkylation sites (N-methyl/N-ethyl adjacent to an activating group) is 1. The molecular weight excluding hydrogens is 222 g/mol. The van der Waals surface area contributed by atoms with E-state index in [9.17, 15) is 9.59 Å². The first-order chi connectivity index (χ1) is 7.61. The van der Waals surface area contributed by atoms with Crippen LogP contribution in [0.5, 0.6) is 0 Å². The molecule has 0 saturated heterocycles. The number of amides is 2. The Labute approximate surface area is 102 Å². The fourth-order valence-electron chi connectivity index (χ4n) is 0.828. The van der Waals surface area contributed by atoms with Gasteiger partial charge in [-0.1, -0.05) is 0 Å². The van der Waals surface area contributed by atoms with Crippen molar-refractivity contribution >= 4 is 18.3 Å². The van der Waals surface area contributed by atoms with E-state index >= 15 is 0 Å². The second kappa shape index (κ2) is 6.22. The lowest BCUT2D eigenvalue weighted by molar-refractivity contribution is -0.118. The summed E-state index contributed by atoms with van der Waals surface area (Å²) in [6, 6.07) is 0. The highest BCUT2D eigenvalue weighted by molar-refractivity contribution is 5.87. The number of aliphatic imine (C=N–C) groups is 1. The second-order valence-corrected chi connectivity index (χ2v) is 4.94. The lowest BCUT2D eigenvalue weighted by Crippen LogP contribution is -2.36. The summed E-state index contributed by atoms with van der Waals surface area (Å²) in [5.74, 6) is -0.396. The van der Waals surface area contributed by atoms with Gasteiger partial charge in [-0.25, -0.2) is 9.79 Å². The molecule has 0 aromatic heterocycles. The summed E-state index contributed by atoms with van der Waals surface area (Å²) < 4.78 is 5.10. The molecule has 0 atom stereocenters. The van der Waals surface area contributed by atoms with Gasteiger partial charge in [0.25, 0.3) is 5.91 Å². The predicted octanol–water partition coefficient (Wildman–Crippen LogP) is 0.970. The molecule has 0 spiro atoms. The summed E-state index contributed by atoms with van der Waals surface area (Å²) in [6.45, 7) is 5.21. The lowest BCUT2D eigenvalue weighted by Gasteiger charge is -2.23. The highest BCUT2D eigenvalue weighted by Crippen LogP contribution is 2.08. The molecule has 6 nitrogen and oxygen atoms in total. The van der Waals surface area contributed by atoms with Crippen LogP contribution in [0.15, 0.2) is 4.99 Å². The average Bonchev–Trinajstić information content (AvgIpc) is 2.11. The minimum Gasteiger partial charge on any atom is -0.444 e. The van der Waals surface area contributed by atoms with E-state index in [2.05, 4.69) is 4.99 Å². The van der Waals surface area contributed by atoms with Gasteiger partial charge in [0.1, 0.15) is 12.1 Å². The van der Waals surface area contributed by atoms with Crippen molar-refractivity contribution in [3.63, 3.8) is 0 Å². The molecule has 0 rings (SSSR count). The highest BCUT2D eigenvalue weighted by Gasteiger charge is 2.20. The van der Waals surface area contributed by atoms with Crippen LogP contribution >= 0.6 is 0 Å². The molecule has 2 amide bonds. The summed E-state index contributed by atoms with van der Waals surface area (Å²) in [4.78, 5) is 29.4. The number of hydrogen-bond acceptors (Lipinski definition) is 3. The van der Waals surface area contributed by atoms with Crippen LogP contribution in [0.1, 0.15) is 20.8 Å². The van der Waals surface area contributed by atoms with Crippen molar-refractivity contribution in [2.24, 2.45) is 4.99 Å². The van der Waals surface area contributed by atoms with Gasteiger partial charge in [0.05, 0.1) is 6.34 Å². The Morgan fingerprint density at radius 2 is 1.76 bits per heavy atom. The van der Waals surface area contributed by atoms with E-state index in [1.807, 2.05) is 0 Å². The van der Waals surface area contributed by atoms with Crippen LogP contribution in [-0.4, -0.2) is 61.4 Å². The molecule has 17 heavy (non-hydrogen) atoms. The summed E-state index contributed by atoms with van der Waals surface area (Å²) in [7, 11) is 5.01. The quantitative estimate of drug-likeness (QED) is 0.547. The normalized spacial score (nSPS) is 11.4. The van der Waals surface area contributed by atoms with Crippen molar-refractivity contribution in [3.05, 3.63) is 0 Å². The van der Waals surface area contributed by atoms with Gasteiger partial charge in [0.2, 0.25) is 0 Å². The van der Waals surface area contributed by atoms with Gasteiger partial charge < -0.3 is 14.5 Å². The SMILES string of the molecule is CN(C)C=NC(=O)CN(C)C(=O)OC(C)(C)C. The maximum atomic E-state index is 11.5. The van der Waals surface area contributed by atoms with Crippen molar-refractivity contribution in [3.8, 4) is 0 Å². The predicted molar refractivity (Wildman–Crippen MR) is 66.1 cm³/mol. The van der Waals surface area contributed by atoms with Crippen LogP contribution in [0.3, 0.4) is 0 Å². The third-order valence-corrected chi connectivity index (χ3v) is 1.51. The molecule has 0 aromatic carbocycles. The Bertz CT molecular complexity index is 306. The van der Waals surface area contributed by atoms with Crippen LogP contribution in [0, 0.1) is 0 Å². The minimum atomic E-state index is -0.568. The zero-order chi connectivity index (χ0) is 13.6. The molecular formula is C11H21N3O3. The molecule has 0 unspecified atom stereocenters. The summed E-state index contributed by atoms with van der Waals surface area (Å²) in [5.41, 5.74) is -0.568. The molecule has 0 radical (unpaired) electrons. The van der Waals surface area contributed by atoms with Crippen molar-refractivity contribution in [2.75, 3.05) is 27.7 Å². The van der Waals surface area contributed by atoms with Gasteiger partial charge >= 0.3 is 6.09 Å². The molecule has 0 aliphatic heterocycles. The van der Waals surface area contributed by atoms with Crippen LogP contribution in [0.4, 0.5) is 4.79 Å². The highest BCUT2D eigenvalue weighted by atomic mass is 16.6. The van der Waals surface area contributed by atoms with E-state index in [0.717, 1.165) is 0 Å². The standard InChI is InChI=1S/C11H21N3O3/c1-11(2,3)17-10(16)14(6)7-9(15)12-8-13(4)5/h8H,7H2,1-6H3. The van der Waals surface area contributed by atoms with Crippen LogP contribution in [0.2, 0.25) is 0 Å². The summed E-state index contributed by atoms with van der Waals surface area (Å²) in [6.07, 6.45) is 0.858. The van der Waals surface area contributed by atoms with E-state index in [-0.39, 0.29) is 6.54 Å². The Kier molecular flexibility index (Phi) is 5.64. The Balaban J connectivity index is 4.22. The third kappa shape index (κ3) is 8.24. The van der Waals surface area contributed by atoms with Crippen molar-refractivity contribution < 1.29 is 14.3 Å². The topological polar surface area (TPSA) is 62.2 Å². The lowest BCUT2D eigenvalue weighted by atomic mass is 10.2. The number of carbonyl (C=O) groups is 2. The van der Waals surface area contributed by atoms with E-state index in [1.165, 1.54) is 18.3 Å². The number of carbonyl (C=O) groups excluding carboxylic acids is 2. The largest absolute Gasteiger partial charge is 0.444 e. The first-order valence-corrected chi connectivity index (χ1v) is 5.29. The summed E-state index contributed by atoms with van der Waals surface area (Å²) in [5, 5.41) is 0. The van der Waals surface area contributed by atoms with E-state index in [1.54, 1.807) is 39.8 Å². The van der Waals surface area contributed by atoms with Crippen molar-refractivity contribution in [2.45, 2.75) is 26.4 Å². The molecule has 98 valence electrons. The molecule has 0 aliphatic carbocycles. The average molecular weight is 243 g/mol. The molecule has 0 aliphatic rings. The minimum absolute atomic E-state index is 0.0980. The first kappa shape index (κ1) is 15.4. The molecule has 0 aromatic rings. The number of rotatable bonds is 3. The van der Waals surface area contributed by atoms with E-state index in [4.69, 9.17) is 4.74 Å². The van der Waals surface area contributed by atoms with Crippen LogP contribution in [0.25, 0.3) is 0 Å². The molecule has 0 saturated carbocycles. The van der Waals surface area contributed by atoms with E-state index in [0.29, 0.717) is 0 Å². The smallest absolute Gasteiger partial charge is 0.410 e. The monoisotopic (exact) mass is 243 g/mol. The first-order valence-electron chi connectivity index (χ1n) is 5.29. The third-order valence-electron chi connectivity index (χ3n) is 1.51. The maximum absolute atomic E-state index is 11.5. The second-order valence-electron chi connectivity index (χ2n) is 4.94. The van der Waals surface area contributed by atoms with Gasteiger partial charge in [-0.2, -0.15) is 0 Å². The zero-order valence-electron chi connectivity index (χ0n) is 11.4.